The van der Waals surface area contributed by atoms with Crippen molar-refractivity contribution in [2.75, 3.05) is 13.2 Å². The first-order valence-electron chi connectivity index (χ1n) is 8.33. The Morgan fingerprint density at radius 2 is 1.76 bits per heavy atom. The molecule has 118 valence electrons. The van der Waals surface area contributed by atoms with Gasteiger partial charge in [-0.2, -0.15) is 0 Å². The van der Waals surface area contributed by atoms with Crippen LogP contribution in [0.4, 0.5) is 0 Å². The average molecular weight is 289 g/mol. The zero-order chi connectivity index (χ0) is 15.3. The molecule has 0 heterocycles. The minimum Gasteiger partial charge on any atom is -0.494 e. The van der Waals surface area contributed by atoms with Crippen LogP contribution in [0.25, 0.3) is 0 Å². The van der Waals surface area contributed by atoms with Gasteiger partial charge < -0.3 is 10.5 Å². The van der Waals surface area contributed by atoms with Crippen LogP contribution in [0.1, 0.15) is 52.9 Å². The Kier molecular flexibility index (Phi) is 5.32. The lowest BCUT2D eigenvalue weighted by Gasteiger charge is -2.43. The summed E-state index contributed by atoms with van der Waals surface area (Å²) in [4.78, 5) is 0. The van der Waals surface area contributed by atoms with Crippen molar-refractivity contribution in [2.24, 2.45) is 22.5 Å². The Bertz CT molecular complexity index is 413. The van der Waals surface area contributed by atoms with Crippen molar-refractivity contribution in [1.82, 2.24) is 0 Å². The molecule has 21 heavy (non-hydrogen) atoms. The van der Waals surface area contributed by atoms with Crippen LogP contribution in [-0.4, -0.2) is 13.2 Å². The van der Waals surface area contributed by atoms with Gasteiger partial charge in [0.1, 0.15) is 5.75 Å². The van der Waals surface area contributed by atoms with E-state index in [-0.39, 0.29) is 0 Å². The van der Waals surface area contributed by atoms with Gasteiger partial charge in [-0.15, -0.1) is 0 Å². The van der Waals surface area contributed by atoms with Crippen molar-refractivity contribution < 1.29 is 4.74 Å². The highest BCUT2D eigenvalue weighted by molar-refractivity contribution is 5.20. The van der Waals surface area contributed by atoms with Gasteiger partial charge in [0.2, 0.25) is 0 Å². The van der Waals surface area contributed by atoms with E-state index in [0.29, 0.717) is 10.8 Å². The maximum absolute atomic E-state index is 6.12. The second kappa shape index (κ2) is 6.83. The summed E-state index contributed by atoms with van der Waals surface area (Å²) in [5, 5.41) is 0. The third-order valence-corrected chi connectivity index (χ3v) is 5.35. The quantitative estimate of drug-likeness (QED) is 0.857. The van der Waals surface area contributed by atoms with Crippen molar-refractivity contribution in [2.45, 2.75) is 52.9 Å². The SMILES string of the molecule is CC(C)(C)C1CCC(CN)(CCOc2ccccc2)CC1. The predicted molar refractivity (Wildman–Crippen MR) is 89.5 cm³/mol. The Morgan fingerprint density at radius 3 is 2.29 bits per heavy atom. The van der Waals surface area contributed by atoms with E-state index in [2.05, 4.69) is 20.8 Å². The van der Waals surface area contributed by atoms with Gasteiger partial charge in [0.05, 0.1) is 6.61 Å². The Balaban J connectivity index is 1.83. The van der Waals surface area contributed by atoms with E-state index in [1.54, 1.807) is 0 Å². The van der Waals surface area contributed by atoms with Gasteiger partial charge in [0, 0.05) is 0 Å². The fourth-order valence-corrected chi connectivity index (χ4v) is 3.55. The monoisotopic (exact) mass is 289 g/mol. The van der Waals surface area contributed by atoms with Crippen molar-refractivity contribution >= 4 is 0 Å². The Morgan fingerprint density at radius 1 is 1.14 bits per heavy atom. The lowest BCUT2D eigenvalue weighted by Crippen LogP contribution is -2.38. The minimum atomic E-state index is 0.302. The smallest absolute Gasteiger partial charge is 0.119 e. The van der Waals surface area contributed by atoms with E-state index in [4.69, 9.17) is 10.5 Å². The highest BCUT2D eigenvalue weighted by atomic mass is 16.5. The molecular weight excluding hydrogens is 258 g/mol. The lowest BCUT2D eigenvalue weighted by molar-refractivity contribution is 0.0742. The zero-order valence-corrected chi connectivity index (χ0v) is 13.9. The van der Waals surface area contributed by atoms with Crippen molar-refractivity contribution in [3.05, 3.63) is 30.3 Å². The average Bonchev–Trinajstić information content (AvgIpc) is 2.48. The molecule has 1 aromatic carbocycles. The molecule has 0 saturated heterocycles. The summed E-state index contributed by atoms with van der Waals surface area (Å²) in [6, 6.07) is 10.1. The molecule has 2 N–H and O–H groups in total. The molecule has 2 heteroatoms. The van der Waals surface area contributed by atoms with Gasteiger partial charge in [-0.1, -0.05) is 39.0 Å². The molecule has 0 unspecified atom stereocenters. The lowest BCUT2D eigenvalue weighted by atomic mass is 9.63. The number of benzene rings is 1. The standard InChI is InChI=1S/C19H31NO/c1-18(2,3)16-9-11-19(15-20,12-10-16)13-14-21-17-7-5-4-6-8-17/h4-8,16H,9-15,20H2,1-3H3. The summed E-state index contributed by atoms with van der Waals surface area (Å²) in [5.41, 5.74) is 6.85. The summed E-state index contributed by atoms with van der Waals surface area (Å²) in [7, 11) is 0. The van der Waals surface area contributed by atoms with Crippen molar-refractivity contribution in [3.8, 4) is 5.75 Å². The second-order valence-corrected chi connectivity index (χ2v) is 7.76. The normalized spacial score (nSPS) is 26.6. The Labute approximate surface area is 130 Å². The van der Waals surface area contributed by atoms with Gasteiger partial charge in [0.25, 0.3) is 0 Å². The molecule has 2 rings (SSSR count). The maximum Gasteiger partial charge on any atom is 0.119 e. The minimum absolute atomic E-state index is 0.302. The molecule has 1 aliphatic carbocycles. The number of nitrogens with two attached hydrogens (primary N) is 1. The number of ether oxygens (including phenoxy) is 1. The van der Waals surface area contributed by atoms with E-state index in [1.807, 2.05) is 30.3 Å². The Hall–Kier alpha value is -1.02. The highest BCUT2D eigenvalue weighted by Crippen LogP contribution is 2.46. The molecule has 0 radical (unpaired) electrons. The molecule has 2 nitrogen and oxygen atoms in total. The van der Waals surface area contributed by atoms with Crippen LogP contribution in [0, 0.1) is 16.7 Å². The van der Waals surface area contributed by atoms with Gasteiger partial charge in [-0.25, -0.2) is 0 Å². The molecule has 1 saturated carbocycles. The molecule has 1 fully saturated rings. The van der Waals surface area contributed by atoms with Gasteiger partial charge in [-0.05, 0) is 67.5 Å². The van der Waals surface area contributed by atoms with E-state index in [0.717, 1.165) is 31.2 Å². The molecule has 1 aromatic rings. The van der Waals surface area contributed by atoms with E-state index in [9.17, 15) is 0 Å². The first kappa shape index (κ1) is 16.4. The summed E-state index contributed by atoms with van der Waals surface area (Å²) in [6.45, 7) is 8.67. The van der Waals surface area contributed by atoms with Crippen LogP contribution in [-0.2, 0) is 0 Å². The van der Waals surface area contributed by atoms with Crippen molar-refractivity contribution in [1.29, 1.82) is 0 Å². The maximum atomic E-state index is 6.12. The predicted octanol–water partition coefficient (Wildman–Crippen LogP) is 4.64. The van der Waals surface area contributed by atoms with Crippen LogP contribution in [0.5, 0.6) is 5.75 Å². The second-order valence-electron chi connectivity index (χ2n) is 7.76. The third-order valence-electron chi connectivity index (χ3n) is 5.35. The molecule has 0 atom stereocenters. The summed E-state index contributed by atoms with van der Waals surface area (Å²) < 4.78 is 5.87. The van der Waals surface area contributed by atoms with E-state index < -0.39 is 0 Å². The molecule has 0 aromatic heterocycles. The largest absolute Gasteiger partial charge is 0.494 e. The first-order chi connectivity index (χ1) is 9.95. The van der Waals surface area contributed by atoms with Crippen LogP contribution in [0.15, 0.2) is 30.3 Å². The number of hydrogen-bond donors (Lipinski definition) is 1. The van der Waals surface area contributed by atoms with E-state index in [1.165, 1.54) is 25.7 Å². The molecule has 0 aliphatic heterocycles. The van der Waals surface area contributed by atoms with Gasteiger partial charge in [-0.3, -0.25) is 0 Å². The van der Waals surface area contributed by atoms with Crippen LogP contribution in [0.2, 0.25) is 0 Å². The van der Waals surface area contributed by atoms with Gasteiger partial charge in [0.15, 0.2) is 0 Å². The molecule has 0 bridgehead atoms. The molecule has 0 spiro atoms. The van der Waals surface area contributed by atoms with Crippen molar-refractivity contribution in [3.63, 3.8) is 0 Å². The highest BCUT2D eigenvalue weighted by Gasteiger charge is 2.37. The van der Waals surface area contributed by atoms with Gasteiger partial charge >= 0.3 is 0 Å². The summed E-state index contributed by atoms with van der Waals surface area (Å²) in [6.07, 6.45) is 6.21. The molecule has 0 amide bonds. The van der Waals surface area contributed by atoms with Crippen LogP contribution < -0.4 is 10.5 Å². The topological polar surface area (TPSA) is 35.2 Å². The number of rotatable bonds is 5. The zero-order valence-electron chi connectivity index (χ0n) is 13.9. The molecular formula is C19H31NO. The summed E-state index contributed by atoms with van der Waals surface area (Å²) in [5.74, 6) is 1.81. The van der Waals surface area contributed by atoms with Crippen LogP contribution >= 0.6 is 0 Å². The fourth-order valence-electron chi connectivity index (χ4n) is 3.55. The number of para-hydroxylation sites is 1. The van der Waals surface area contributed by atoms with E-state index >= 15 is 0 Å². The van der Waals surface area contributed by atoms with Crippen LogP contribution in [0.3, 0.4) is 0 Å². The molecule has 1 aliphatic rings. The fraction of sp³-hybridized carbons (Fsp3) is 0.684. The number of hydrogen-bond acceptors (Lipinski definition) is 2. The summed E-state index contributed by atoms with van der Waals surface area (Å²) >= 11 is 0. The first-order valence-corrected chi connectivity index (χ1v) is 8.33. The third kappa shape index (κ3) is 4.47.